The molecule has 36 heavy (non-hydrogen) atoms. The number of aromatic amines is 1. The Balaban J connectivity index is 1.37. The third-order valence-electron chi connectivity index (χ3n) is 6.48. The number of carbonyl (C=O) groups excluding carboxylic acids is 1. The molecule has 2 N–H and O–H groups in total. The van der Waals surface area contributed by atoms with Crippen LogP contribution in [0.5, 0.6) is 5.75 Å². The standard InChI is InChI=1S/C31H30N2O3/c1-4-35-29-17-30-26(27(19-36-30)22-11-9-20(2)10-12-22)16-25(29)21(3)15-31(34)32-14-13-23-18-33-28-8-6-5-7-24(23)28/h5-12,15-19,33H,4,13-14H2,1-3H3,(H,32,34)/b21-15+. The van der Waals surface area contributed by atoms with Gasteiger partial charge in [-0.1, -0.05) is 48.0 Å². The predicted octanol–water partition coefficient (Wildman–Crippen LogP) is 7.05. The Bertz CT molecular complexity index is 1550. The monoisotopic (exact) mass is 478 g/mol. The topological polar surface area (TPSA) is 67.3 Å². The molecule has 0 atom stereocenters. The maximum absolute atomic E-state index is 12.8. The van der Waals surface area contributed by atoms with E-state index in [9.17, 15) is 4.79 Å². The second kappa shape index (κ2) is 10.2. The number of hydrogen-bond acceptors (Lipinski definition) is 3. The number of furan rings is 1. The van der Waals surface area contributed by atoms with Crippen molar-refractivity contribution >= 4 is 33.4 Å². The van der Waals surface area contributed by atoms with Gasteiger partial charge in [0.2, 0.25) is 5.91 Å². The summed E-state index contributed by atoms with van der Waals surface area (Å²) in [7, 11) is 0. The van der Waals surface area contributed by atoms with Gasteiger partial charge < -0.3 is 19.5 Å². The molecule has 0 aliphatic heterocycles. The summed E-state index contributed by atoms with van der Waals surface area (Å²) < 4.78 is 11.8. The van der Waals surface area contributed by atoms with Crippen LogP contribution in [0, 0.1) is 6.92 Å². The van der Waals surface area contributed by atoms with Gasteiger partial charge in [-0.05, 0) is 56.0 Å². The van der Waals surface area contributed by atoms with Gasteiger partial charge in [-0.3, -0.25) is 4.79 Å². The average molecular weight is 479 g/mol. The van der Waals surface area contributed by atoms with Crippen LogP contribution in [0.25, 0.3) is 38.6 Å². The molecular weight excluding hydrogens is 448 g/mol. The Labute approximate surface area is 210 Å². The van der Waals surface area contributed by atoms with E-state index in [1.54, 1.807) is 12.3 Å². The van der Waals surface area contributed by atoms with Gasteiger partial charge in [0.15, 0.2) is 0 Å². The molecule has 0 unspecified atom stereocenters. The molecule has 3 aromatic carbocycles. The van der Waals surface area contributed by atoms with Crippen molar-refractivity contribution in [2.75, 3.05) is 13.2 Å². The van der Waals surface area contributed by atoms with Gasteiger partial charge >= 0.3 is 0 Å². The summed E-state index contributed by atoms with van der Waals surface area (Å²) in [6.07, 6.45) is 6.20. The van der Waals surface area contributed by atoms with E-state index in [-0.39, 0.29) is 5.91 Å². The highest BCUT2D eigenvalue weighted by Crippen LogP contribution is 2.37. The average Bonchev–Trinajstić information content (AvgIpc) is 3.48. The number of aromatic nitrogens is 1. The number of carbonyl (C=O) groups is 1. The Kier molecular flexibility index (Phi) is 6.63. The molecule has 0 saturated heterocycles. The first-order chi connectivity index (χ1) is 17.5. The van der Waals surface area contributed by atoms with E-state index in [4.69, 9.17) is 9.15 Å². The number of benzene rings is 3. The molecule has 5 heteroatoms. The Morgan fingerprint density at radius 1 is 1.08 bits per heavy atom. The lowest BCUT2D eigenvalue weighted by molar-refractivity contribution is -0.116. The quantitative estimate of drug-likeness (QED) is 0.235. The summed E-state index contributed by atoms with van der Waals surface area (Å²) in [6.45, 7) is 7.04. The normalized spacial score (nSPS) is 11.8. The number of nitrogens with one attached hydrogen (secondary N) is 2. The van der Waals surface area contributed by atoms with Crippen molar-refractivity contribution in [1.82, 2.24) is 10.3 Å². The molecular formula is C31H30N2O3. The summed E-state index contributed by atoms with van der Waals surface area (Å²) >= 11 is 0. The lowest BCUT2D eigenvalue weighted by Crippen LogP contribution is -2.23. The summed E-state index contributed by atoms with van der Waals surface area (Å²) in [6, 6.07) is 20.5. The lowest BCUT2D eigenvalue weighted by Gasteiger charge is -2.12. The molecule has 1 amide bonds. The first-order valence-corrected chi connectivity index (χ1v) is 12.3. The van der Waals surface area contributed by atoms with Gasteiger partial charge in [0.1, 0.15) is 11.3 Å². The van der Waals surface area contributed by atoms with Gasteiger partial charge in [0, 0.05) is 52.3 Å². The molecule has 0 bridgehead atoms. The Morgan fingerprint density at radius 2 is 1.89 bits per heavy atom. The van der Waals surface area contributed by atoms with Crippen molar-refractivity contribution in [2.45, 2.75) is 27.2 Å². The zero-order valence-corrected chi connectivity index (χ0v) is 20.9. The number of para-hydroxylation sites is 1. The van der Waals surface area contributed by atoms with Crippen LogP contribution in [0.1, 0.15) is 30.5 Å². The molecule has 5 aromatic rings. The largest absolute Gasteiger partial charge is 0.493 e. The molecule has 2 aromatic heterocycles. The first kappa shape index (κ1) is 23.5. The maximum atomic E-state index is 12.8. The summed E-state index contributed by atoms with van der Waals surface area (Å²) in [5.41, 5.74) is 8.09. The van der Waals surface area contributed by atoms with Crippen LogP contribution in [0.3, 0.4) is 0 Å². The zero-order chi connectivity index (χ0) is 25.1. The van der Waals surface area contributed by atoms with E-state index in [0.29, 0.717) is 18.9 Å². The molecule has 0 saturated carbocycles. The smallest absolute Gasteiger partial charge is 0.244 e. The highest BCUT2D eigenvalue weighted by molar-refractivity contribution is 6.00. The van der Waals surface area contributed by atoms with E-state index < -0.39 is 0 Å². The second-order valence-corrected chi connectivity index (χ2v) is 9.02. The number of hydrogen-bond donors (Lipinski definition) is 2. The van der Waals surface area contributed by atoms with E-state index in [0.717, 1.165) is 45.2 Å². The highest BCUT2D eigenvalue weighted by atomic mass is 16.5. The fourth-order valence-corrected chi connectivity index (χ4v) is 4.58. The third kappa shape index (κ3) is 4.78. The molecule has 2 heterocycles. The van der Waals surface area contributed by atoms with Crippen LogP contribution >= 0.6 is 0 Å². The van der Waals surface area contributed by atoms with E-state index >= 15 is 0 Å². The molecule has 0 fully saturated rings. The maximum Gasteiger partial charge on any atom is 0.244 e. The van der Waals surface area contributed by atoms with Gasteiger partial charge in [0.05, 0.1) is 12.9 Å². The molecule has 0 radical (unpaired) electrons. The number of ether oxygens (including phenoxy) is 1. The molecule has 182 valence electrons. The van der Waals surface area contributed by atoms with Crippen molar-refractivity contribution in [3.63, 3.8) is 0 Å². The molecule has 0 aliphatic carbocycles. The minimum absolute atomic E-state index is 0.124. The van der Waals surface area contributed by atoms with Crippen LogP contribution in [0.4, 0.5) is 0 Å². The van der Waals surface area contributed by atoms with E-state index in [2.05, 4.69) is 59.7 Å². The summed E-state index contributed by atoms with van der Waals surface area (Å²) in [5.74, 6) is 0.580. The Morgan fingerprint density at radius 3 is 2.69 bits per heavy atom. The number of aryl methyl sites for hydroxylation is 1. The van der Waals surface area contributed by atoms with E-state index in [1.807, 2.05) is 38.2 Å². The number of amides is 1. The molecule has 5 rings (SSSR count). The van der Waals surface area contributed by atoms with Gasteiger partial charge in [-0.25, -0.2) is 0 Å². The van der Waals surface area contributed by atoms with Crippen molar-refractivity contribution < 1.29 is 13.9 Å². The van der Waals surface area contributed by atoms with Crippen molar-refractivity contribution in [2.24, 2.45) is 0 Å². The zero-order valence-electron chi connectivity index (χ0n) is 20.9. The van der Waals surface area contributed by atoms with Crippen LogP contribution in [0.15, 0.2) is 83.6 Å². The summed E-state index contributed by atoms with van der Waals surface area (Å²) in [5, 5.41) is 5.21. The van der Waals surface area contributed by atoms with E-state index in [1.165, 1.54) is 16.5 Å². The number of allylic oxidation sites excluding steroid dienone is 1. The van der Waals surface area contributed by atoms with Crippen LogP contribution in [0.2, 0.25) is 0 Å². The molecule has 0 aliphatic rings. The predicted molar refractivity (Wildman–Crippen MR) is 146 cm³/mol. The fourth-order valence-electron chi connectivity index (χ4n) is 4.58. The first-order valence-electron chi connectivity index (χ1n) is 12.3. The SMILES string of the molecule is CCOc1cc2occ(-c3ccc(C)cc3)c2cc1/C(C)=C/C(=O)NCCc1c[nH]c2ccccc12. The van der Waals surface area contributed by atoms with Gasteiger partial charge in [0.25, 0.3) is 0 Å². The Hall–Kier alpha value is -4.25. The van der Waals surface area contributed by atoms with Crippen molar-refractivity contribution in [3.05, 3.63) is 95.9 Å². The second-order valence-electron chi connectivity index (χ2n) is 9.02. The minimum atomic E-state index is -0.124. The third-order valence-corrected chi connectivity index (χ3v) is 6.48. The molecule has 5 nitrogen and oxygen atoms in total. The van der Waals surface area contributed by atoms with Gasteiger partial charge in [-0.2, -0.15) is 0 Å². The summed E-state index contributed by atoms with van der Waals surface area (Å²) in [4.78, 5) is 16.1. The van der Waals surface area contributed by atoms with Crippen molar-refractivity contribution in [1.29, 1.82) is 0 Å². The fraction of sp³-hybridized carbons (Fsp3) is 0.194. The van der Waals surface area contributed by atoms with Crippen LogP contribution < -0.4 is 10.1 Å². The highest BCUT2D eigenvalue weighted by Gasteiger charge is 2.15. The molecule has 0 spiro atoms. The number of fused-ring (bicyclic) bond motifs is 2. The van der Waals surface area contributed by atoms with Crippen LogP contribution in [-0.2, 0) is 11.2 Å². The van der Waals surface area contributed by atoms with Gasteiger partial charge in [-0.15, -0.1) is 0 Å². The van der Waals surface area contributed by atoms with Crippen LogP contribution in [-0.4, -0.2) is 24.0 Å². The minimum Gasteiger partial charge on any atom is -0.493 e. The van der Waals surface area contributed by atoms with Crippen molar-refractivity contribution in [3.8, 4) is 16.9 Å². The number of H-pyrrole nitrogens is 1. The lowest BCUT2D eigenvalue weighted by atomic mass is 9.98. The number of rotatable bonds is 8.